The molecule has 0 saturated heterocycles. The maximum absolute atomic E-state index is 11.1. The summed E-state index contributed by atoms with van der Waals surface area (Å²) in [6, 6.07) is 14.8. The van der Waals surface area contributed by atoms with Crippen LogP contribution in [0.1, 0.15) is 15.9 Å². The fraction of sp³-hybridized carbons (Fsp3) is 0.133. The predicted molar refractivity (Wildman–Crippen MR) is 76.0 cm³/mol. The highest BCUT2D eigenvalue weighted by Gasteiger charge is 2.08. The fourth-order valence-corrected chi connectivity index (χ4v) is 2.59. The van der Waals surface area contributed by atoms with Gasteiger partial charge in [0.15, 0.2) is 0 Å². The van der Waals surface area contributed by atoms with Gasteiger partial charge in [-0.3, -0.25) is 0 Å². The van der Waals surface area contributed by atoms with Crippen molar-refractivity contribution in [2.45, 2.75) is 10.6 Å². The van der Waals surface area contributed by atoms with Gasteiger partial charge in [-0.15, -0.1) is 11.8 Å². The first-order chi connectivity index (χ1) is 9.20. The summed E-state index contributed by atoms with van der Waals surface area (Å²) in [6.07, 6.45) is 0. The molecule has 98 valence electrons. The number of ether oxygens (including phenoxy) is 1. The van der Waals surface area contributed by atoms with E-state index in [9.17, 15) is 4.79 Å². The van der Waals surface area contributed by atoms with Crippen LogP contribution in [0.4, 0.5) is 0 Å². The zero-order chi connectivity index (χ0) is 13.7. The number of thioether (sulfide) groups is 1. The van der Waals surface area contributed by atoms with Crippen molar-refractivity contribution in [3.8, 4) is 5.75 Å². The predicted octanol–water partition coefficient (Wildman–Crippen LogP) is 3.69. The molecule has 0 bridgehead atoms. The second kappa shape index (κ2) is 6.29. The molecular weight excluding hydrogens is 260 g/mol. The van der Waals surface area contributed by atoms with E-state index >= 15 is 0 Å². The molecule has 0 aliphatic heterocycles. The number of methoxy groups -OCH3 is 1. The summed E-state index contributed by atoms with van der Waals surface area (Å²) < 4.78 is 5.10. The van der Waals surface area contributed by atoms with Crippen LogP contribution in [-0.4, -0.2) is 18.2 Å². The number of carboxylic acids is 1. The molecule has 4 heteroatoms. The van der Waals surface area contributed by atoms with E-state index in [4.69, 9.17) is 9.84 Å². The molecule has 2 rings (SSSR count). The Morgan fingerprint density at radius 2 is 1.84 bits per heavy atom. The Balaban J connectivity index is 2.07. The van der Waals surface area contributed by atoms with Gasteiger partial charge in [0.05, 0.1) is 12.7 Å². The Hall–Kier alpha value is -1.94. The van der Waals surface area contributed by atoms with Crippen molar-refractivity contribution in [3.05, 3.63) is 59.7 Å². The van der Waals surface area contributed by atoms with Crippen LogP contribution in [0.15, 0.2) is 53.4 Å². The van der Waals surface area contributed by atoms with Gasteiger partial charge in [-0.1, -0.05) is 18.2 Å². The molecule has 0 heterocycles. The van der Waals surface area contributed by atoms with E-state index in [1.807, 2.05) is 36.4 Å². The molecule has 2 aromatic carbocycles. The zero-order valence-corrected chi connectivity index (χ0v) is 11.3. The van der Waals surface area contributed by atoms with Gasteiger partial charge < -0.3 is 9.84 Å². The van der Waals surface area contributed by atoms with Crippen LogP contribution in [0.2, 0.25) is 0 Å². The molecule has 0 fully saturated rings. The molecule has 2 aromatic rings. The van der Waals surface area contributed by atoms with Crippen LogP contribution in [0.3, 0.4) is 0 Å². The summed E-state index contributed by atoms with van der Waals surface area (Å²) in [4.78, 5) is 12.2. The van der Waals surface area contributed by atoms with E-state index in [0.717, 1.165) is 16.2 Å². The molecule has 0 radical (unpaired) electrons. The highest BCUT2D eigenvalue weighted by molar-refractivity contribution is 7.98. The SMILES string of the molecule is COc1ccc(SCc2ccccc2C(=O)O)cc1. The largest absolute Gasteiger partial charge is 0.497 e. The van der Waals surface area contributed by atoms with Crippen LogP contribution in [0, 0.1) is 0 Å². The molecule has 0 aromatic heterocycles. The number of carbonyl (C=O) groups is 1. The minimum Gasteiger partial charge on any atom is -0.497 e. The lowest BCUT2D eigenvalue weighted by Gasteiger charge is -2.06. The average Bonchev–Trinajstić information content (AvgIpc) is 2.46. The number of hydrogen-bond acceptors (Lipinski definition) is 3. The quantitative estimate of drug-likeness (QED) is 0.845. The van der Waals surface area contributed by atoms with Crippen molar-refractivity contribution in [3.63, 3.8) is 0 Å². The van der Waals surface area contributed by atoms with Gasteiger partial charge in [-0.2, -0.15) is 0 Å². The topological polar surface area (TPSA) is 46.5 Å². The Morgan fingerprint density at radius 3 is 2.47 bits per heavy atom. The fourth-order valence-electron chi connectivity index (χ4n) is 1.69. The normalized spacial score (nSPS) is 10.2. The van der Waals surface area contributed by atoms with E-state index in [2.05, 4.69) is 0 Å². The van der Waals surface area contributed by atoms with Crippen molar-refractivity contribution >= 4 is 17.7 Å². The van der Waals surface area contributed by atoms with Crippen molar-refractivity contribution < 1.29 is 14.6 Å². The number of benzene rings is 2. The van der Waals surface area contributed by atoms with Gasteiger partial charge in [0.2, 0.25) is 0 Å². The second-order valence-electron chi connectivity index (χ2n) is 3.93. The summed E-state index contributed by atoms with van der Waals surface area (Å²) in [5.41, 5.74) is 1.19. The molecule has 0 aliphatic rings. The summed E-state index contributed by atoms with van der Waals surface area (Å²) in [5.74, 6) is 0.565. The first-order valence-corrected chi connectivity index (χ1v) is 6.77. The lowest BCUT2D eigenvalue weighted by molar-refractivity contribution is 0.0696. The number of aromatic carboxylic acids is 1. The molecule has 0 atom stereocenters. The molecular formula is C15H14O3S. The van der Waals surface area contributed by atoms with E-state index in [-0.39, 0.29) is 0 Å². The molecule has 0 unspecified atom stereocenters. The number of rotatable bonds is 5. The van der Waals surface area contributed by atoms with E-state index in [0.29, 0.717) is 11.3 Å². The van der Waals surface area contributed by atoms with Crippen LogP contribution in [0.5, 0.6) is 5.75 Å². The third-order valence-electron chi connectivity index (χ3n) is 2.70. The third-order valence-corrected chi connectivity index (χ3v) is 3.76. The van der Waals surface area contributed by atoms with Crippen molar-refractivity contribution in [1.29, 1.82) is 0 Å². The Morgan fingerprint density at radius 1 is 1.16 bits per heavy atom. The summed E-state index contributed by atoms with van der Waals surface area (Å²) in [5, 5.41) is 9.11. The van der Waals surface area contributed by atoms with Crippen LogP contribution >= 0.6 is 11.8 Å². The van der Waals surface area contributed by atoms with Crippen molar-refractivity contribution in [2.24, 2.45) is 0 Å². The lowest BCUT2D eigenvalue weighted by atomic mass is 10.1. The van der Waals surface area contributed by atoms with Crippen molar-refractivity contribution in [1.82, 2.24) is 0 Å². The number of hydrogen-bond donors (Lipinski definition) is 1. The minimum atomic E-state index is -0.883. The maximum atomic E-state index is 11.1. The second-order valence-corrected chi connectivity index (χ2v) is 4.98. The van der Waals surface area contributed by atoms with E-state index in [1.165, 1.54) is 0 Å². The van der Waals surface area contributed by atoms with Gasteiger partial charge in [-0.05, 0) is 35.9 Å². The molecule has 0 amide bonds. The monoisotopic (exact) mass is 274 g/mol. The van der Waals surface area contributed by atoms with Gasteiger partial charge in [0.1, 0.15) is 5.75 Å². The van der Waals surface area contributed by atoms with Gasteiger partial charge >= 0.3 is 5.97 Å². The maximum Gasteiger partial charge on any atom is 0.335 e. The third kappa shape index (κ3) is 3.51. The van der Waals surface area contributed by atoms with Gasteiger partial charge in [0.25, 0.3) is 0 Å². The summed E-state index contributed by atoms with van der Waals surface area (Å²) in [6.45, 7) is 0. The van der Waals surface area contributed by atoms with E-state index in [1.54, 1.807) is 31.0 Å². The highest BCUT2D eigenvalue weighted by atomic mass is 32.2. The molecule has 0 saturated carbocycles. The van der Waals surface area contributed by atoms with E-state index < -0.39 is 5.97 Å². The van der Waals surface area contributed by atoms with Crippen LogP contribution in [-0.2, 0) is 5.75 Å². The Labute approximate surface area is 116 Å². The molecule has 0 spiro atoms. The van der Waals surface area contributed by atoms with Crippen LogP contribution in [0.25, 0.3) is 0 Å². The lowest BCUT2D eigenvalue weighted by Crippen LogP contribution is -2.00. The standard InChI is InChI=1S/C15H14O3S/c1-18-12-6-8-13(9-7-12)19-10-11-4-2-3-5-14(11)15(16)17/h2-9H,10H2,1H3,(H,16,17). The molecule has 1 N–H and O–H groups in total. The Kier molecular flexibility index (Phi) is 4.47. The zero-order valence-electron chi connectivity index (χ0n) is 10.5. The Bertz CT molecular complexity index is 564. The first-order valence-electron chi connectivity index (χ1n) is 5.79. The smallest absolute Gasteiger partial charge is 0.335 e. The van der Waals surface area contributed by atoms with Gasteiger partial charge in [0, 0.05) is 10.6 Å². The average molecular weight is 274 g/mol. The summed E-state index contributed by atoms with van der Waals surface area (Å²) >= 11 is 1.61. The van der Waals surface area contributed by atoms with Gasteiger partial charge in [-0.25, -0.2) is 4.79 Å². The number of carboxylic acid groups (broad SMARTS) is 1. The highest BCUT2D eigenvalue weighted by Crippen LogP contribution is 2.26. The first kappa shape index (κ1) is 13.5. The van der Waals surface area contributed by atoms with Crippen LogP contribution < -0.4 is 4.74 Å². The van der Waals surface area contributed by atoms with Crippen molar-refractivity contribution in [2.75, 3.05) is 7.11 Å². The summed E-state index contributed by atoms with van der Waals surface area (Å²) in [7, 11) is 1.63. The molecule has 19 heavy (non-hydrogen) atoms. The molecule has 3 nitrogen and oxygen atoms in total. The minimum absolute atomic E-state index is 0.364. The molecule has 0 aliphatic carbocycles.